The van der Waals surface area contributed by atoms with Gasteiger partial charge in [0.1, 0.15) is 11.6 Å². The molecule has 1 saturated heterocycles. The zero-order chi connectivity index (χ0) is 21.5. The van der Waals surface area contributed by atoms with Crippen LogP contribution >= 0.6 is 11.6 Å². The first-order valence-electron chi connectivity index (χ1n) is 11.0. The van der Waals surface area contributed by atoms with E-state index in [9.17, 15) is 0 Å². The number of aromatic nitrogens is 6. The maximum absolute atomic E-state index is 6.37. The van der Waals surface area contributed by atoms with Crippen LogP contribution in [0.4, 0.5) is 5.95 Å². The SMILES string of the molecule is Cc1nc2nc(N3CCO[C@H](c4cnn(C)c4)C3)nc([C@H]3CC[C@H](Cl)CC3)c2nc1C. The molecule has 0 N–H and O–H groups in total. The fourth-order valence-electron chi connectivity index (χ4n) is 4.51. The van der Waals surface area contributed by atoms with E-state index < -0.39 is 0 Å². The molecule has 1 atom stereocenters. The topological polar surface area (TPSA) is 81.9 Å². The Morgan fingerprint density at radius 3 is 2.55 bits per heavy atom. The predicted octanol–water partition coefficient (Wildman–Crippen LogP) is 3.61. The molecule has 4 heterocycles. The Kier molecular flexibility index (Phi) is 5.52. The molecule has 8 nitrogen and oxygen atoms in total. The third-order valence-electron chi connectivity index (χ3n) is 6.45. The first-order chi connectivity index (χ1) is 15.0. The van der Waals surface area contributed by atoms with Crippen LogP contribution in [0, 0.1) is 13.8 Å². The van der Waals surface area contributed by atoms with Crippen molar-refractivity contribution in [3.05, 3.63) is 35.0 Å². The summed E-state index contributed by atoms with van der Waals surface area (Å²) in [5.74, 6) is 1.05. The zero-order valence-corrected chi connectivity index (χ0v) is 19.0. The largest absolute Gasteiger partial charge is 0.370 e. The molecule has 0 bridgehead atoms. The minimum Gasteiger partial charge on any atom is -0.370 e. The van der Waals surface area contributed by atoms with Gasteiger partial charge in [-0.1, -0.05) is 0 Å². The van der Waals surface area contributed by atoms with Crippen molar-refractivity contribution in [3.63, 3.8) is 0 Å². The molecule has 1 aliphatic carbocycles. The molecule has 5 rings (SSSR count). The second-order valence-electron chi connectivity index (χ2n) is 8.68. The molecule has 1 saturated carbocycles. The molecule has 2 fully saturated rings. The van der Waals surface area contributed by atoms with Crippen LogP contribution in [0.2, 0.25) is 0 Å². The maximum Gasteiger partial charge on any atom is 0.227 e. The molecule has 3 aromatic rings. The summed E-state index contributed by atoms with van der Waals surface area (Å²) < 4.78 is 7.82. The number of alkyl halides is 1. The van der Waals surface area contributed by atoms with E-state index in [-0.39, 0.29) is 11.5 Å². The Morgan fingerprint density at radius 2 is 1.81 bits per heavy atom. The van der Waals surface area contributed by atoms with E-state index in [1.54, 1.807) is 4.68 Å². The zero-order valence-electron chi connectivity index (χ0n) is 18.3. The Bertz CT molecular complexity index is 1090. The van der Waals surface area contributed by atoms with E-state index in [1.807, 2.05) is 33.3 Å². The highest BCUT2D eigenvalue weighted by Gasteiger charge is 2.29. The third kappa shape index (κ3) is 4.11. The Hall–Kier alpha value is -2.32. The van der Waals surface area contributed by atoms with E-state index in [1.165, 1.54) is 0 Å². The van der Waals surface area contributed by atoms with E-state index in [4.69, 9.17) is 36.3 Å². The third-order valence-corrected chi connectivity index (χ3v) is 6.88. The van der Waals surface area contributed by atoms with Crippen molar-refractivity contribution in [3.8, 4) is 0 Å². The quantitative estimate of drug-likeness (QED) is 0.574. The molecular formula is C22H28ClN7O. The fourth-order valence-corrected chi connectivity index (χ4v) is 4.76. The first-order valence-corrected chi connectivity index (χ1v) is 11.4. The van der Waals surface area contributed by atoms with Gasteiger partial charge in [0.15, 0.2) is 5.65 Å². The summed E-state index contributed by atoms with van der Waals surface area (Å²) >= 11 is 6.37. The van der Waals surface area contributed by atoms with Crippen molar-refractivity contribution < 1.29 is 4.74 Å². The Morgan fingerprint density at radius 1 is 1.03 bits per heavy atom. The van der Waals surface area contributed by atoms with Gasteiger partial charge in [-0.3, -0.25) is 4.68 Å². The average molecular weight is 442 g/mol. The minimum atomic E-state index is -0.0530. The summed E-state index contributed by atoms with van der Waals surface area (Å²) in [6, 6.07) is 0. The number of halogens is 1. The summed E-state index contributed by atoms with van der Waals surface area (Å²) in [5, 5.41) is 4.55. The molecule has 0 spiro atoms. The highest BCUT2D eigenvalue weighted by atomic mass is 35.5. The van der Waals surface area contributed by atoms with Crippen molar-refractivity contribution in [1.29, 1.82) is 0 Å². The monoisotopic (exact) mass is 441 g/mol. The van der Waals surface area contributed by atoms with E-state index in [2.05, 4.69) is 10.00 Å². The molecule has 0 radical (unpaired) electrons. The number of rotatable bonds is 3. The van der Waals surface area contributed by atoms with Crippen molar-refractivity contribution in [1.82, 2.24) is 29.7 Å². The molecule has 3 aromatic heterocycles. The van der Waals surface area contributed by atoms with Gasteiger partial charge < -0.3 is 9.64 Å². The van der Waals surface area contributed by atoms with Crippen LogP contribution in [-0.2, 0) is 11.8 Å². The normalized spacial score (nSPS) is 24.6. The Balaban J connectivity index is 1.53. The van der Waals surface area contributed by atoms with Crippen LogP contribution in [0.1, 0.15) is 60.4 Å². The van der Waals surface area contributed by atoms with Crippen LogP contribution in [-0.4, -0.2) is 54.8 Å². The van der Waals surface area contributed by atoms with Crippen LogP contribution in [0.5, 0.6) is 0 Å². The molecule has 1 aliphatic heterocycles. The van der Waals surface area contributed by atoms with Crippen LogP contribution in [0.25, 0.3) is 11.2 Å². The van der Waals surface area contributed by atoms with Crippen LogP contribution in [0.15, 0.2) is 12.4 Å². The molecule has 2 aliphatic rings. The summed E-state index contributed by atoms with van der Waals surface area (Å²) in [6.45, 7) is 6.02. The molecule has 164 valence electrons. The van der Waals surface area contributed by atoms with Crippen molar-refractivity contribution in [2.45, 2.75) is 56.9 Å². The summed E-state index contributed by atoms with van der Waals surface area (Å²) in [7, 11) is 1.92. The number of fused-ring (bicyclic) bond motifs is 1. The van der Waals surface area contributed by atoms with Gasteiger partial charge >= 0.3 is 0 Å². The van der Waals surface area contributed by atoms with Crippen LogP contribution < -0.4 is 4.90 Å². The molecule has 0 unspecified atom stereocenters. The predicted molar refractivity (Wildman–Crippen MR) is 120 cm³/mol. The Labute approximate surface area is 187 Å². The lowest BCUT2D eigenvalue weighted by Crippen LogP contribution is -2.39. The van der Waals surface area contributed by atoms with Crippen LogP contribution in [0.3, 0.4) is 0 Å². The molecule has 31 heavy (non-hydrogen) atoms. The number of hydrogen-bond acceptors (Lipinski definition) is 7. The van der Waals surface area contributed by atoms with Gasteiger partial charge in [0.05, 0.1) is 36.4 Å². The summed E-state index contributed by atoms with van der Waals surface area (Å²) in [6.07, 6.45) is 7.87. The van der Waals surface area contributed by atoms with E-state index in [0.29, 0.717) is 30.7 Å². The van der Waals surface area contributed by atoms with Gasteiger partial charge in [-0.2, -0.15) is 10.1 Å². The highest BCUT2D eigenvalue weighted by molar-refractivity contribution is 6.20. The minimum absolute atomic E-state index is 0.0530. The summed E-state index contributed by atoms with van der Waals surface area (Å²) in [5.41, 5.74) is 5.44. The highest BCUT2D eigenvalue weighted by Crippen LogP contribution is 2.37. The number of morpholine rings is 1. The average Bonchev–Trinajstić information content (AvgIpc) is 3.21. The van der Waals surface area contributed by atoms with Gasteiger partial charge in [-0.05, 0) is 39.5 Å². The second kappa shape index (κ2) is 8.31. The number of hydrogen-bond donors (Lipinski definition) is 0. The number of nitrogens with zero attached hydrogens (tertiary/aromatic N) is 7. The first kappa shape index (κ1) is 20.6. The van der Waals surface area contributed by atoms with Crippen molar-refractivity contribution in [2.75, 3.05) is 24.6 Å². The molecule has 0 aromatic carbocycles. The number of anilines is 1. The molecular weight excluding hydrogens is 414 g/mol. The van der Waals surface area contributed by atoms with Gasteiger partial charge in [0.2, 0.25) is 5.95 Å². The number of ether oxygens (including phenoxy) is 1. The van der Waals surface area contributed by atoms with Gasteiger partial charge in [-0.15, -0.1) is 11.6 Å². The van der Waals surface area contributed by atoms with Gasteiger partial charge in [0, 0.05) is 36.6 Å². The maximum atomic E-state index is 6.37. The lowest BCUT2D eigenvalue weighted by molar-refractivity contribution is 0.0392. The van der Waals surface area contributed by atoms with Crippen molar-refractivity contribution >= 4 is 28.7 Å². The molecule has 9 heteroatoms. The lowest BCUT2D eigenvalue weighted by Gasteiger charge is -2.33. The molecule has 0 amide bonds. The smallest absolute Gasteiger partial charge is 0.227 e. The number of aryl methyl sites for hydroxylation is 3. The summed E-state index contributed by atoms with van der Waals surface area (Å²) in [4.78, 5) is 21.7. The fraction of sp³-hybridized carbons (Fsp3) is 0.591. The van der Waals surface area contributed by atoms with Crippen molar-refractivity contribution in [2.24, 2.45) is 7.05 Å². The van der Waals surface area contributed by atoms with Gasteiger partial charge in [-0.25, -0.2) is 15.0 Å². The van der Waals surface area contributed by atoms with E-state index in [0.717, 1.165) is 60.4 Å². The lowest BCUT2D eigenvalue weighted by atomic mass is 9.86. The second-order valence-corrected chi connectivity index (χ2v) is 9.29. The standard InChI is InChI=1S/C22H28ClN7O/c1-13-14(2)26-21-20(25-13)19(15-4-6-17(23)7-5-15)27-22(28-21)30-8-9-31-18(12-30)16-10-24-29(3)11-16/h10-11,15,17-18H,4-9,12H2,1-3H3/t15-,17-,18-/m0/s1. The van der Waals surface area contributed by atoms with E-state index >= 15 is 0 Å². The van der Waals surface area contributed by atoms with Gasteiger partial charge in [0.25, 0.3) is 0 Å².